The Labute approximate surface area is 148 Å². The molecule has 1 fully saturated rings. The molecular formula is C18H27N3O4. The minimum absolute atomic E-state index is 0.0700. The molecule has 138 valence electrons. The van der Waals surface area contributed by atoms with Gasteiger partial charge in [0, 0.05) is 18.5 Å². The van der Waals surface area contributed by atoms with Crippen LogP contribution in [-0.4, -0.2) is 55.2 Å². The maximum Gasteiger partial charge on any atom is 0.315 e. The molecule has 0 aliphatic carbocycles. The van der Waals surface area contributed by atoms with Crippen LogP contribution in [0.15, 0.2) is 24.3 Å². The molecule has 1 atom stereocenters. The van der Waals surface area contributed by atoms with E-state index in [-0.39, 0.29) is 23.5 Å². The lowest BCUT2D eigenvalue weighted by molar-refractivity contribution is -0.131. The van der Waals surface area contributed by atoms with Crippen LogP contribution in [0.25, 0.3) is 0 Å². The van der Waals surface area contributed by atoms with Crippen LogP contribution in [0.3, 0.4) is 0 Å². The molecule has 1 aliphatic heterocycles. The van der Waals surface area contributed by atoms with E-state index < -0.39 is 0 Å². The quantitative estimate of drug-likeness (QED) is 0.767. The van der Waals surface area contributed by atoms with Crippen LogP contribution in [0.1, 0.15) is 27.2 Å². The van der Waals surface area contributed by atoms with Crippen molar-refractivity contribution in [3.63, 3.8) is 0 Å². The summed E-state index contributed by atoms with van der Waals surface area (Å²) in [6.07, 6.45) is 0.340. The number of nitrogens with one attached hydrogen (secondary N) is 2. The molecule has 0 bridgehead atoms. The number of hydrogen-bond acceptors (Lipinski definition) is 4. The third kappa shape index (κ3) is 5.55. The molecule has 1 saturated heterocycles. The lowest BCUT2D eigenvalue weighted by atomic mass is 10.1. The van der Waals surface area contributed by atoms with Gasteiger partial charge in [0.15, 0.2) is 0 Å². The third-order valence-electron chi connectivity index (χ3n) is 3.99. The second-order valence-corrected chi connectivity index (χ2v) is 7.00. The van der Waals surface area contributed by atoms with Crippen molar-refractivity contribution in [3.05, 3.63) is 24.3 Å². The van der Waals surface area contributed by atoms with Gasteiger partial charge < -0.3 is 25.0 Å². The Morgan fingerprint density at radius 1 is 1.24 bits per heavy atom. The molecule has 0 aromatic heterocycles. The van der Waals surface area contributed by atoms with Gasteiger partial charge in [-0.1, -0.05) is 0 Å². The summed E-state index contributed by atoms with van der Waals surface area (Å²) in [5.74, 6) is 1.55. The van der Waals surface area contributed by atoms with Crippen LogP contribution in [0, 0.1) is 0 Å². The Morgan fingerprint density at radius 2 is 1.88 bits per heavy atom. The van der Waals surface area contributed by atoms with Gasteiger partial charge in [0.1, 0.15) is 18.1 Å². The van der Waals surface area contributed by atoms with Gasteiger partial charge in [-0.25, -0.2) is 4.79 Å². The highest BCUT2D eigenvalue weighted by Gasteiger charge is 2.36. The van der Waals surface area contributed by atoms with Crippen LogP contribution >= 0.6 is 0 Å². The molecule has 3 amide bonds. The summed E-state index contributed by atoms with van der Waals surface area (Å²) in [6.45, 7) is 7.24. The van der Waals surface area contributed by atoms with Crippen LogP contribution in [-0.2, 0) is 4.79 Å². The SMILES string of the molecule is COc1ccc(OCCNC(=O)NC2CC(=O)N(C(C)(C)C)C2)cc1. The first-order valence-corrected chi connectivity index (χ1v) is 8.41. The number of benzene rings is 1. The maximum absolute atomic E-state index is 12.0. The predicted molar refractivity (Wildman–Crippen MR) is 94.9 cm³/mol. The zero-order chi connectivity index (χ0) is 18.4. The smallest absolute Gasteiger partial charge is 0.315 e. The predicted octanol–water partition coefficient (Wildman–Crippen LogP) is 1.77. The molecule has 1 aliphatic rings. The van der Waals surface area contributed by atoms with Crippen molar-refractivity contribution in [1.82, 2.24) is 15.5 Å². The van der Waals surface area contributed by atoms with Gasteiger partial charge >= 0.3 is 6.03 Å². The van der Waals surface area contributed by atoms with Gasteiger partial charge in [-0.2, -0.15) is 0 Å². The van der Waals surface area contributed by atoms with E-state index in [1.807, 2.05) is 45.0 Å². The zero-order valence-electron chi connectivity index (χ0n) is 15.3. The molecule has 0 spiro atoms. The van der Waals surface area contributed by atoms with Crippen molar-refractivity contribution < 1.29 is 19.1 Å². The second-order valence-electron chi connectivity index (χ2n) is 7.00. The first-order valence-electron chi connectivity index (χ1n) is 8.41. The largest absolute Gasteiger partial charge is 0.497 e. The van der Waals surface area contributed by atoms with E-state index in [1.165, 1.54) is 0 Å². The monoisotopic (exact) mass is 349 g/mol. The third-order valence-corrected chi connectivity index (χ3v) is 3.99. The van der Waals surface area contributed by atoms with Gasteiger partial charge in [-0.3, -0.25) is 4.79 Å². The Hall–Kier alpha value is -2.44. The summed E-state index contributed by atoms with van der Waals surface area (Å²) >= 11 is 0. The summed E-state index contributed by atoms with van der Waals surface area (Å²) in [4.78, 5) is 25.7. The fourth-order valence-corrected chi connectivity index (χ4v) is 2.69. The average molecular weight is 349 g/mol. The molecule has 1 unspecified atom stereocenters. The van der Waals surface area contributed by atoms with Gasteiger partial charge in [0.25, 0.3) is 0 Å². The number of amides is 3. The summed E-state index contributed by atoms with van der Waals surface area (Å²) in [5.41, 5.74) is -0.226. The highest BCUT2D eigenvalue weighted by atomic mass is 16.5. The minimum Gasteiger partial charge on any atom is -0.497 e. The number of hydrogen-bond donors (Lipinski definition) is 2. The number of nitrogens with zero attached hydrogens (tertiary/aromatic N) is 1. The molecule has 0 saturated carbocycles. The van der Waals surface area contributed by atoms with Gasteiger partial charge in [0.2, 0.25) is 5.91 Å². The lowest BCUT2D eigenvalue weighted by Gasteiger charge is -2.32. The normalized spacial score (nSPS) is 17.4. The maximum atomic E-state index is 12.0. The first-order chi connectivity index (χ1) is 11.8. The van der Waals surface area contributed by atoms with Crippen molar-refractivity contribution >= 4 is 11.9 Å². The Kier molecular flexibility index (Phi) is 6.12. The minimum atomic E-state index is -0.285. The number of ether oxygens (including phenoxy) is 2. The number of methoxy groups -OCH3 is 1. The van der Waals surface area contributed by atoms with E-state index in [4.69, 9.17) is 9.47 Å². The van der Waals surface area contributed by atoms with Gasteiger partial charge in [0.05, 0.1) is 19.7 Å². The second kappa shape index (κ2) is 8.09. The van der Waals surface area contributed by atoms with Crippen molar-refractivity contribution in [2.45, 2.75) is 38.8 Å². The Bertz CT molecular complexity index is 595. The van der Waals surface area contributed by atoms with Crippen LogP contribution in [0.5, 0.6) is 11.5 Å². The van der Waals surface area contributed by atoms with E-state index in [9.17, 15) is 9.59 Å². The fourth-order valence-electron chi connectivity index (χ4n) is 2.69. The summed E-state index contributed by atoms with van der Waals surface area (Å²) < 4.78 is 10.6. The van der Waals surface area contributed by atoms with Crippen molar-refractivity contribution in [3.8, 4) is 11.5 Å². The van der Waals surface area contributed by atoms with Crippen LogP contribution in [0.4, 0.5) is 4.79 Å². The average Bonchev–Trinajstić information content (AvgIpc) is 2.92. The lowest BCUT2D eigenvalue weighted by Crippen LogP contribution is -2.47. The molecule has 1 aromatic rings. The van der Waals surface area contributed by atoms with Crippen LogP contribution in [0.2, 0.25) is 0 Å². The zero-order valence-corrected chi connectivity index (χ0v) is 15.3. The van der Waals surface area contributed by atoms with E-state index in [1.54, 1.807) is 12.0 Å². The topological polar surface area (TPSA) is 79.9 Å². The molecule has 7 nitrogen and oxygen atoms in total. The highest BCUT2D eigenvalue weighted by molar-refractivity contribution is 5.82. The molecule has 7 heteroatoms. The summed E-state index contributed by atoms with van der Waals surface area (Å²) in [6, 6.07) is 6.80. The van der Waals surface area contributed by atoms with Crippen molar-refractivity contribution in [2.75, 3.05) is 26.8 Å². The molecule has 2 rings (SSSR count). The van der Waals surface area contributed by atoms with E-state index in [0.29, 0.717) is 31.9 Å². The molecule has 2 N–H and O–H groups in total. The van der Waals surface area contributed by atoms with E-state index in [0.717, 1.165) is 5.75 Å². The number of carbonyl (C=O) groups is 2. The summed E-state index contributed by atoms with van der Waals surface area (Å²) in [7, 11) is 1.61. The van der Waals surface area contributed by atoms with E-state index >= 15 is 0 Å². The molecule has 0 radical (unpaired) electrons. The number of carbonyl (C=O) groups excluding carboxylic acids is 2. The molecular weight excluding hydrogens is 322 g/mol. The van der Waals surface area contributed by atoms with Gasteiger partial charge in [-0.15, -0.1) is 0 Å². The Morgan fingerprint density at radius 3 is 2.44 bits per heavy atom. The number of likely N-dealkylation sites (tertiary alicyclic amines) is 1. The van der Waals surface area contributed by atoms with E-state index in [2.05, 4.69) is 10.6 Å². The number of urea groups is 1. The molecule has 1 heterocycles. The van der Waals surface area contributed by atoms with Crippen LogP contribution < -0.4 is 20.1 Å². The van der Waals surface area contributed by atoms with Crippen molar-refractivity contribution in [2.24, 2.45) is 0 Å². The first kappa shape index (κ1) is 18.9. The van der Waals surface area contributed by atoms with Gasteiger partial charge in [-0.05, 0) is 45.0 Å². The van der Waals surface area contributed by atoms with Crippen molar-refractivity contribution in [1.29, 1.82) is 0 Å². The molecule has 1 aromatic carbocycles. The fraction of sp³-hybridized carbons (Fsp3) is 0.556. The number of rotatable bonds is 6. The standard InChI is InChI=1S/C18H27N3O4/c1-18(2,3)21-12-13(11-16(21)22)20-17(23)19-9-10-25-15-7-5-14(24-4)6-8-15/h5-8,13H,9-12H2,1-4H3,(H2,19,20,23). The summed E-state index contributed by atoms with van der Waals surface area (Å²) in [5, 5.41) is 5.58. The Balaban J connectivity index is 1.66. The highest BCUT2D eigenvalue weighted by Crippen LogP contribution is 2.21. The molecule has 25 heavy (non-hydrogen) atoms.